The fraction of sp³-hybridized carbons (Fsp3) is 1.00. The minimum Gasteiger partial charge on any atom is -0.392 e. The van der Waals surface area contributed by atoms with Crippen molar-refractivity contribution in [3.05, 3.63) is 0 Å². The molecule has 1 heterocycles. The molecule has 1 saturated heterocycles. The van der Waals surface area contributed by atoms with Crippen molar-refractivity contribution in [2.75, 3.05) is 13.1 Å². The third-order valence-electron chi connectivity index (χ3n) is 2.66. The van der Waals surface area contributed by atoms with Crippen LogP contribution in [-0.4, -0.2) is 35.2 Å². The second kappa shape index (κ2) is 4.07. The van der Waals surface area contributed by atoms with Crippen molar-refractivity contribution in [2.45, 2.75) is 45.3 Å². The van der Waals surface area contributed by atoms with Gasteiger partial charge >= 0.3 is 0 Å². The Morgan fingerprint density at radius 3 is 2.09 bits per heavy atom. The highest BCUT2D eigenvalue weighted by atomic mass is 16.3. The zero-order chi connectivity index (χ0) is 8.27. The molecule has 0 aromatic rings. The smallest absolute Gasteiger partial charge is 0.0664 e. The molecule has 0 bridgehead atoms. The van der Waals surface area contributed by atoms with Crippen LogP contribution in [0.4, 0.5) is 0 Å². The summed E-state index contributed by atoms with van der Waals surface area (Å²) in [7, 11) is 0. The summed E-state index contributed by atoms with van der Waals surface area (Å²) in [5.74, 6) is 0. The quantitative estimate of drug-likeness (QED) is 0.652. The number of piperidine rings is 1. The molecule has 2 unspecified atom stereocenters. The van der Waals surface area contributed by atoms with E-state index in [1.54, 1.807) is 0 Å². The summed E-state index contributed by atoms with van der Waals surface area (Å²) in [4.78, 5) is 2.38. The molecule has 1 aliphatic rings. The molecule has 0 radical (unpaired) electrons. The second-order valence-electron chi connectivity index (χ2n) is 3.58. The van der Waals surface area contributed by atoms with Crippen LogP contribution in [0.5, 0.6) is 0 Å². The molecule has 0 aromatic heterocycles. The molecule has 1 N–H and O–H groups in total. The van der Waals surface area contributed by atoms with Gasteiger partial charge in [-0.2, -0.15) is 0 Å². The number of hydrogen-bond donors (Lipinski definition) is 1. The van der Waals surface area contributed by atoms with Crippen LogP contribution in [0.2, 0.25) is 0 Å². The maximum atomic E-state index is 9.33. The maximum Gasteiger partial charge on any atom is 0.0664 e. The van der Waals surface area contributed by atoms with Crippen molar-refractivity contribution in [1.82, 2.24) is 4.90 Å². The van der Waals surface area contributed by atoms with E-state index in [1.807, 2.05) is 6.92 Å². The van der Waals surface area contributed by atoms with Crippen molar-refractivity contribution < 1.29 is 5.11 Å². The fourth-order valence-corrected chi connectivity index (χ4v) is 1.63. The summed E-state index contributed by atoms with van der Waals surface area (Å²) < 4.78 is 0. The highest BCUT2D eigenvalue weighted by Crippen LogP contribution is 2.13. The highest BCUT2D eigenvalue weighted by Gasteiger charge is 2.19. The summed E-state index contributed by atoms with van der Waals surface area (Å²) in [5.41, 5.74) is 0. The van der Waals surface area contributed by atoms with Crippen LogP contribution < -0.4 is 0 Å². The largest absolute Gasteiger partial charge is 0.392 e. The zero-order valence-corrected chi connectivity index (χ0v) is 7.58. The van der Waals surface area contributed by atoms with Gasteiger partial charge in [0.1, 0.15) is 0 Å². The molecule has 0 aromatic carbocycles. The number of likely N-dealkylation sites (tertiary alicyclic amines) is 1. The van der Waals surface area contributed by atoms with Gasteiger partial charge in [-0.15, -0.1) is 0 Å². The van der Waals surface area contributed by atoms with Crippen LogP contribution >= 0.6 is 0 Å². The Balaban J connectivity index is 2.32. The molecule has 0 spiro atoms. The van der Waals surface area contributed by atoms with E-state index >= 15 is 0 Å². The van der Waals surface area contributed by atoms with Crippen LogP contribution in [0.15, 0.2) is 0 Å². The summed E-state index contributed by atoms with van der Waals surface area (Å²) >= 11 is 0. The van der Waals surface area contributed by atoms with Gasteiger partial charge in [0.05, 0.1) is 6.10 Å². The first-order chi connectivity index (χ1) is 5.22. The van der Waals surface area contributed by atoms with Crippen LogP contribution in [0, 0.1) is 0 Å². The molecule has 1 fully saturated rings. The average Bonchev–Trinajstić information content (AvgIpc) is 2.05. The normalized spacial score (nSPS) is 26.5. The predicted octanol–water partition coefficient (Wildman–Crippen LogP) is 1.24. The molecular weight excluding hydrogens is 138 g/mol. The molecule has 1 rings (SSSR count). The van der Waals surface area contributed by atoms with Gasteiger partial charge in [0, 0.05) is 6.04 Å². The molecular formula is C9H19NO. The molecule has 0 aliphatic carbocycles. The Kier molecular flexibility index (Phi) is 3.34. The fourth-order valence-electron chi connectivity index (χ4n) is 1.63. The molecule has 1 aliphatic heterocycles. The first kappa shape index (κ1) is 9.01. The number of rotatable bonds is 2. The van der Waals surface area contributed by atoms with E-state index in [4.69, 9.17) is 0 Å². The monoisotopic (exact) mass is 157 g/mol. The zero-order valence-electron chi connectivity index (χ0n) is 7.58. The van der Waals surface area contributed by atoms with Gasteiger partial charge in [-0.1, -0.05) is 6.42 Å². The summed E-state index contributed by atoms with van der Waals surface area (Å²) in [6.45, 7) is 6.33. The lowest BCUT2D eigenvalue weighted by atomic mass is 10.1. The first-order valence-electron chi connectivity index (χ1n) is 4.64. The first-order valence-corrected chi connectivity index (χ1v) is 4.64. The SMILES string of the molecule is CC(O)C(C)N1CCCCC1. The molecule has 2 nitrogen and oxygen atoms in total. The van der Waals surface area contributed by atoms with Crippen LogP contribution in [0.3, 0.4) is 0 Å². The second-order valence-corrected chi connectivity index (χ2v) is 3.58. The van der Waals surface area contributed by atoms with E-state index in [0.29, 0.717) is 6.04 Å². The predicted molar refractivity (Wildman–Crippen MR) is 46.6 cm³/mol. The highest BCUT2D eigenvalue weighted by molar-refractivity contribution is 4.74. The Bertz CT molecular complexity index is 108. The van der Waals surface area contributed by atoms with Crippen LogP contribution in [0.1, 0.15) is 33.1 Å². The number of aliphatic hydroxyl groups is 1. The standard InChI is InChI=1S/C9H19NO/c1-8(9(2)11)10-6-4-3-5-7-10/h8-9,11H,3-7H2,1-2H3. The minimum atomic E-state index is -0.187. The molecule has 0 amide bonds. The maximum absolute atomic E-state index is 9.33. The Morgan fingerprint density at radius 1 is 1.09 bits per heavy atom. The topological polar surface area (TPSA) is 23.5 Å². The summed E-state index contributed by atoms with van der Waals surface area (Å²) in [5, 5.41) is 9.33. The van der Waals surface area contributed by atoms with Crippen LogP contribution in [-0.2, 0) is 0 Å². The van der Waals surface area contributed by atoms with E-state index < -0.39 is 0 Å². The van der Waals surface area contributed by atoms with Gasteiger partial charge in [0.15, 0.2) is 0 Å². The lowest BCUT2D eigenvalue weighted by molar-refractivity contribution is 0.0591. The van der Waals surface area contributed by atoms with E-state index in [-0.39, 0.29) is 6.10 Å². The van der Waals surface area contributed by atoms with Gasteiger partial charge in [0.2, 0.25) is 0 Å². The Hall–Kier alpha value is -0.0800. The Labute approximate surface area is 69.2 Å². The van der Waals surface area contributed by atoms with E-state index in [9.17, 15) is 5.11 Å². The summed E-state index contributed by atoms with van der Waals surface area (Å²) in [6.07, 6.45) is 3.78. The Morgan fingerprint density at radius 2 is 1.64 bits per heavy atom. The van der Waals surface area contributed by atoms with Crippen molar-refractivity contribution in [3.8, 4) is 0 Å². The average molecular weight is 157 g/mol. The van der Waals surface area contributed by atoms with Gasteiger partial charge in [-0.05, 0) is 39.8 Å². The molecule has 0 saturated carbocycles. The van der Waals surface area contributed by atoms with Gasteiger partial charge in [-0.3, -0.25) is 4.90 Å². The summed E-state index contributed by atoms with van der Waals surface area (Å²) in [6, 6.07) is 0.343. The van der Waals surface area contributed by atoms with E-state index in [0.717, 1.165) is 0 Å². The number of aliphatic hydroxyl groups excluding tert-OH is 1. The minimum absolute atomic E-state index is 0.187. The van der Waals surface area contributed by atoms with Crippen molar-refractivity contribution >= 4 is 0 Å². The molecule has 2 atom stereocenters. The van der Waals surface area contributed by atoms with Crippen molar-refractivity contribution in [3.63, 3.8) is 0 Å². The third kappa shape index (κ3) is 2.46. The lowest BCUT2D eigenvalue weighted by Crippen LogP contribution is -2.43. The number of hydrogen-bond acceptors (Lipinski definition) is 2. The van der Waals surface area contributed by atoms with Crippen LogP contribution in [0.25, 0.3) is 0 Å². The number of nitrogens with zero attached hydrogens (tertiary/aromatic N) is 1. The molecule has 66 valence electrons. The molecule has 11 heavy (non-hydrogen) atoms. The van der Waals surface area contributed by atoms with Gasteiger partial charge < -0.3 is 5.11 Å². The third-order valence-corrected chi connectivity index (χ3v) is 2.66. The van der Waals surface area contributed by atoms with Crippen molar-refractivity contribution in [1.29, 1.82) is 0 Å². The van der Waals surface area contributed by atoms with E-state index in [1.165, 1.54) is 32.4 Å². The van der Waals surface area contributed by atoms with Crippen molar-refractivity contribution in [2.24, 2.45) is 0 Å². The lowest BCUT2D eigenvalue weighted by Gasteiger charge is -2.33. The molecule has 2 heteroatoms. The van der Waals surface area contributed by atoms with E-state index in [2.05, 4.69) is 11.8 Å². The van der Waals surface area contributed by atoms with Gasteiger partial charge in [0.25, 0.3) is 0 Å². The van der Waals surface area contributed by atoms with Gasteiger partial charge in [-0.25, -0.2) is 0 Å².